The number of carbonyl (C=O) groups is 1. The van der Waals surface area contributed by atoms with Gasteiger partial charge in [-0.25, -0.2) is 0 Å². The van der Waals surface area contributed by atoms with E-state index in [4.69, 9.17) is 9.32 Å². The largest absolute Gasteiger partial charge is 0.380 e. The van der Waals surface area contributed by atoms with Gasteiger partial charge in [-0.2, -0.15) is 13.6 Å². The molecule has 6 heteroatoms. The fraction of sp³-hybridized carbons (Fsp3) is 0.438. The standard InChI is InChI=1S/C16H19NO4S/c1-10-15-9-11(21-22(17,19)20)7-8-13(15)12-5-3-2-4-6-14(12)16(10)18/h7-10H,2-6H2,1H3,(H2,17,19,20). The Morgan fingerprint density at radius 2 is 1.82 bits per heavy atom. The average molecular weight is 321 g/mol. The van der Waals surface area contributed by atoms with Crippen molar-refractivity contribution >= 4 is 21.7 Å². The summed E-state index contributed by atoms with van der Waals surface area (Å²) >= 11 is 0. The first-order chi connectivity index (χ1) is 10.4. The number of nitrogens with two attached hydrogens (primary N) is 1. The van der Waals surface area contributed by atoms with Crippen molar-refractivity contribution in [3.8, 4) is 5.75 Å². The SMILES string of the molecule is CC1C(=O)C2=C(CCCCC2)c2ccc(OS(N)(=O)=O)cc21. The molecule has 0 saturated carbocycles. The Labute approximate surface area is 130 Å². The number of hydrogen-bond donors (Lipinski definition) is 1. The molecular formula is C16H19NO4S. The number of fused-ring (bicyclic) bond motifs is 2. The van der Waals surface area contributed by atoms with Gasteiger partial charge < -0.3 is 4.18 Å². The zero-order chi connectivity index (χ0) is 15.9. The Morgan fingerprint density at radius 3 is 2.50 bits per heavy atom. The fourth-order valence-electron chi connectivity index (χ4n) is 3.41. The number of carbonyl (C=O) groups excluding carboxylic acids is 1. The Bertz CT molecular complexity index is 764. The first-order valence-corrected chi connectivity index (χ1v) is 8.97. The van der Waals surface area contributed by atoms with E-state index in [1.54, 1.807) is 12.1 Å². The van der Waals surface area contributed by atoms with Gasteiger partial charge in [0.05, 0.1) is 0 Å². The highest BCUT2D eigenvalue weighted by Crippen LogP contribution is 2.43. The van der Waals surface area contributed by atoms with Crippen molar-refractivity contribution in [1.82, 2.24) is 0 Å². The minimum atomic E-state index is -4.06. The third-order valence-electron chi connectivity index (χ3n) is 4.44. The first kappa shape index (κ1) is 15.2. The van der Waals surface area contributed by atoms with Crippen LogP contribution in [0.2, 0.25) is 0 Å². The number of Topliss-reactive ketones (excluding diaryl/α,β-unsaturated/α-hetero) is 1. The number of rotatable bonds is 2. The molecule has 0 fully saturated rings. The Hall–Kier alpha value is -1.66. The van der Waals surface area contributed by atoms with E-state index < -0.39 is 10.3 Å². The van der Waals surface area contributed by atoms with Crippen LogP contribution in [0.1, 0.15) is 56.1 Å². The van der Waals surface area contributed by atoms with Gasteiger partial charge in [-0.05, 0) is 60.1 Å². The zero-order valence-electron chi connectivity index (χ0n) is 12.5. The summed E-state index contributed by atoms with van der Waals surface area (Å²) in [5.41, 5.74) is 3.95. The van der Waals surface area contributed by atoms with Crippen LogP contribution < -0.4 is 9.32 Å². The van der Waals surface area contributed by atoms with Crippen molar-refractivity contribution < 1.29 is 17.4 Å². The highest BCUT2D eigenvalue weighted by atomic mass is 32.2. The third-order valence-corrected chi connectivity index (χ3v) is 4.86. The summed E-state index contributed by atoms with van der Waals surface area (Å²) in [4.78, 5) is 12.6. The van der Waals surface area contributed by atoms with Gasteiger partial charge >= 0.3 is 10.3 Å². The number of hydrogen-bond acceptors (Lipinski definition) is 4. The van der Waals surface area contributed by atoms with Gasteiger partial charge in [0.1, 0.15) is 5.75 Å². The summed E-state index contributed by atoms with van der Waals surface area (Å²) in [6.45, 7) is 1.86. The molecule has 0 bridgehead atoms. The quantitative estimate of drug-likeness (QED) is 0.907. The van der Waals surface area contributed by atoms with Crippen LogP contribution >= 0.6 is 0 Å². The van der Waals surface area contributed by atoms with Gasteiger partial charge in [-0.15, -0.1) is 0 Å². The Balaban J connectivity index is 2.10. The van der Waals surface area contributed by atoms with Crippen LogP contribution in [-0.4, -0.2) is 14.2 Å². The molecule has 0 aliphatic heterocycles. The average Bonchev–Trinajstić information content (AvgIpc) is 2.69. The Kier molecular flexibility index (Phi) is 3.82. The van der Waals surface area contributed by atoms with Gasteiger partial charge in [-0.1, -0.05) is 19.4 Å². The van der Waals surface area contributed by atoms with E-state index in [9.17, 15) is 13.2 Å². The predicted octanol–water partition coefficient (Wildman–Crippen LogP) is 2.67. The third kappa shape index (κ3) is 2.80. The van der Waals surface area contributed by atoms with E-state index in [2.05, 4.69) is 0 Å². The lowest BCUT2D eigenvalue weighted by Gasteiger charge is -2.26. The zero-order valence-corrected chi connectivity index (χ0v) is 13.3. The second-order valence-corrected chi connectivity index (χ2v) is 7.08. The second-order valence-electron chi connectivity index (χ2n) is 5.93. The molecule has 1 aromatic rings. The molecule has 0 spiro atoms. The monoisotopic (exact) mass is 321 g/mol. The summed E-state index contributed by atoms with van der Waals surface area (Å²) in [6, 6.07) is 5.07. The fourth-order valence-corrected chi connectivity index (χ4v) is 3.79. The van der Waals surface area contributed by atoms with Gasteiger partial charge in [0.15, 0.2) is 5.78 Å². The maximum Gasteiger partial charge on any atom is 0.380 e. The van der Waals surface area contributed by atoms with Crippen molar-refractivity contribution in [1.29, 1.82) is 0 Å². The summed E-state index contributed by atoms with van der Waals surface area (Å²) in [5, 5.41) is 4.91. The van der Waals surface area contributed by atoms with Crippen molar-refractivity contribution in [3.63, 3.8) is 0 Å². The van der Waals surface area contributed by atoms with E-state index in [1.165, 1.54) is 0 Å². The van der Waals surface area contributed by atoms with Crippen molar-refractivity contribution in [2.75, 3.05) is 0 Å². The molecule has 1 unspecified atom stereocenters. The van der Waals surface area contributed by atoms with E-state index in [-0.39, 0.29) is 17.5 Å². The van der Waals surface area contributed by atoms with Crippen molar-refractivity contribution in [3.05, 3.63) is 34.9 Å². The predicted molar refractivity (Wildman–Crippen MR) is 83.6 cm³/mol. The van der Waals surface area contributed by atoms with Crippen LogP contribution in [0.3, 0.4) is 0 Å². The molecule has 118 valence electrons. The summed E-state index contributed by atoms with van der Waals surface area (Å²) in [7, 11) is -4.06. The summed E-state index contributed by atoms with van der Waals surface area (Å²) < 4.78 is 26.9. The summed E-state index contributed by atoms with van der Waals surface area (Å²) in [5.74, 6) is 0.0200. The molecular weight excluding hydrogens is 302 g/mol. The van der Waals surface area contributed by atoms with Crippen LogP contribution in [0, 0.1) is 0 Å². The first-order valence-electron chi connectivity index (χ1n) is 7.49. The lowest BCUT2D eigenvalue weighted by Crippen LogP contribution is -2.21. The maximum atomic E-state index is 12.6. The minimum absolute atomic E-state index is 0.150. The van der Waals surface area contributed by atoms with Crippen molar-refractivity contribution in [2.45, 2.75) is 44.9 Å². The molecule has 3 rings (SSSR count). The van der Waals surface area contributed by atoms with Crippen molar-refractivity contribution in [2.24, 2.45) is 5.14 Å². The van der Waals surface area contributed by atoms with E-state index in [1.807, 2.05) is 13.0 Å². The number of benzene rings is 1. The lowest BCUT2D eigenvalue weighted by molar-refractivity contribution is -0.116. The molecule has 0 radical (unpaired) electrons. The van der Waals surface area contributed by atoms with Crippen LogP contribution in [0.15, 0.2) is 23.8 Å². The molecule has 22 heavy (non-hydrogen) atoms. The molecule has 2 aliphatic carbocycles. The molecule has 0 amide bonds. The van der Waals surface area contributed by atoms with E-state index in [0.29, 0.717) is 0 Å². The minimum Gasteiger partial charge on any atom is -0.371 e. The topological polar surface area (TPSA) is 86.5 Å². The summed E-state index contributed by atoms with van der Waals surface area (Å²) in [6.07, 6.45) is 5.01. The maximum absolute atomic E-state index is 12.6. The number of ketones is 1. The van der Waals surface area contributed by atoms with E-state index >= 15 is 0 Å². The second kappa shape index (κ2) is 5.52. The molecule has 0 saturated heterocycles. The van der Waals surface area contributed by atoms with Crippen LogP contribution in [0.5, 0.6) is 5.75 Å². The normalized spacial score (nSPS) is 21.9. The van der Waals surface area contributed by atoms with Gasteiger partial charge in [0, 0.05) is 5.92 Å². The molecule has 2 aliphatic rings. The van der Waals surface area contributed by atoms with Gasteiger partial charge in [0.25, 0.3) is 0 Å². The van der Waals surface area contributed by atoms with Crippen LogP contribution in [-0.2, 0) is 15.1 Å². The molecule has 1 atom stereocenters. The van der Waals surface area contributed by atoms with E-state index in [0.717, 1.165) is 54.4 Å². The molecule has 0 aromatic heterocycles. The smallest absolute Gasteiger partial charge is 0.371 e. The molecule has 0 heterocycles. The van der Waals surface area contributed by atoms with Crippen LogP contribution in [0.25, 0.3) is 5.57 Å². The Morgan fingerprint density at radius 1 is 1.14 bits per heavy atom. The van der Waals surface area contributed by atoms with Crippen LogP contribution in [0.4, 0.5) is 0 Å². The highest BCUT2D eigenvalue weighted by Gasteiger charge is 2.32. The highest BCUT2D eigenvalue weighted by molar-refractivity contribution is 7.84. The van der Waals surface area contributed by atoms with Gasteiger partial charge in [-0.3, -0.25) is 4.79 Å². The lowest BCUT2D eigenvalue weighted by atomic mass is 9.77. The molecule has 2 N–H and O–H groups in total. The van der Waals surface area contributed by atoms with Gasteiger partial charge in [0.2, 0.25) is 0 Å². The molecule has 1 aromatic carbocycles. The number of allylic oxidation sites excluding steroid dienone is 2. The molecule has 5 nitrogen and oxygen atoms in total.